The maximum absolute atomic E-state index is 14.7. The highest BCUT2D eigenvalue weighted by molar-refractivity contribution is 6.16. The zero-order valence-corrected chi connectivity index (χ0v) is 20.0. The Bertz CT molecular complexity index is 1430. The van der Waals surface area contributed by atoms with Gasteiger partial charge in [0, 0.05) is 5.69 Å². The molecule has 0 saturated carbocycles. The minimum Gasteiger partial charge on any atom is -0.465 e. The number of esters is 1. The molecular weight excluding hydrogens is 475 g/mol. The molecule has 0 aliphatic carbocycles. The Hall–Kier alpha value is -4.21. The number of methoxy groups -OCH3 is 1. The van der Waals surface area contributed by atoms with E-state index in [9.17, 15) is 14.0 Å². The normalized spacial score (nSPS) is 26.2. The number of fused-ring (bicyclic) bond motifs is 4. The number of benzene rings is 3. The van der Waals surface area contributed by atoms with Crippen molar-refractivity contribution in [2.75, 3.05) is 12.0 Å². The van der Waals surface area contributed by atoms with Crippen LogP contribution >= 0.6 is 0 Å². The van der Waals surface area contributed by atoms with Crippen LogP contribution < -0.4 is 21.5 Å². The van der Waals surface area contributed by atoms with Crippen LogP contribution in [0.1, 0.15) is 22.7 Å². The molecule has 0 radical (unpaired) electrons. The Morgan fingerprint density at radius 1 is 1.08 bits per heavy atom. The van der Waals surface area contributed by atoms with E-state index in [1.807, 2.05) is 54.6 Å². The summed E-state index contributed by atoms with van der Waals surface area (Å²) in [5.41, 5.74) is 13.9. The van der Waals surface area contributed by atoms with E-state index in [2.05, 4.69) is 10.9 Å². The first-order valence-electron chi connectivity index (χ1n) is 11.9. The molecule has 3 aromatic carbocycles. The lowest BCUT2D eigenvalue weighted by atomic mass is 9.61. The minimum atomic E-state index is -1.53. The predicted molar refractivity (Wildman–Crippen MR) is 133 cm³/mol. The van der Waals surface area contributed by atoms with E-state index in [1.165, 1.54) is 19.2 Å². The number of para-hydroxylation sites is 1. The average Bonchev–Trinajstić information content (AvgIpc) is 3.43. The molecule has 4 N–H and O–H groups in total. The van der Waals surface area contributed by atoms with Crippen molar-refractivity contribution in [2.24, 2.45) is 11.7 Å². The van der Waals surface area contributed by atoms with Gasteiger partial charge in [-0.2, -0.15) is 0 Å². The SMILES string of the molecule is COC(=O)C1=C(N)OC2NNC(c3ccccc3)C2C12C(=O)N(Cc1cccc(F)c1)c1ccccc12. The van der Waals surface area contributed by atoms with Crippen LogP contribution in [0.3, 0.4) is 0 Å². The number of rotatable bonds is 4. The molecule has 37 heavy (non-hydrogen) atoms. The number of carbonyl (C=O) groups excluding carboxylic acids is 2. The standard InChI is InChI=1S/C28H25FN4O4/c1-36-26(34)22-24(30)37-25-21(23(31-32-25)17-9-3-2-4-10-17)28(22)19-12-5-6-13-20(19)33(27(28)35)15-16-8-7-11-18(29)14-16/h2-14,21,23,25,31-32H,15,30H2,1H3. The van der Waals surface area contributed by atoms with Gasteiger partial charge in [-0.05, 0) is 34.9 Å². The van der Waals surface area contributed by atoms with E-state index in [0.29, 0.717) is 16.8 Å². The van der Waals surface area contributed by atoms with Gasteiger partial charge < -0.3 is 20.1 Å². The molecular formula is C28H25FN4O4. The third-order valence-corrected chi connectivity index (χ3v) is 7.44. The highest BCUT2D eigenvalue weighted by Crippen LogP contribution is 2.58. The van der Waals surface area contributed by atoms with E-state index < -0.39 is 35.4 Å². The fourth-order valence-corrected chi connectivity index (χ4v) is 6.00. The van der Waals surface area contributed by atoms with Crippen molar-refractivity contribution in [3.05, 3.63) is 113 Å². The second kappa shape index (κ2) is 8.72. The van der Waals surface area contributed by atoms with Crippen molar-refractivity contribution in [3.63, 3.8) is 0 Å². The summed E-state index contributed by atoms with van der Waals surface area (Å²) in [4.78, 5) is 29.7. The lowest BCUT2D eigenvalue weighted by Gasteiger charge is -2.43. The largest absolute Gasteiger partial charge is 0.465 e. The number of nitrogens with zero attached hydrogens (tertiary/aromatic N) is 1. The van der Waals surface area contributed by atoms with Crippen LogP contribution in [0.25, 0.3) is 0 Å². The Kier molecular flexibility index (Phi) is 5.47. The van der Waals surface area contributed by atoms with E-state index in [4.69, 9.17) is 15.2 Å². The molecule has 9 heteroatoms. The summed E-state index contributed by atoms with van der Waals surface area (Å²) in [6.45, 7) is 0.110. The summed E-state index contributed by atoms with van der Waals surface area (Å²) in [5.74, 6) is -2.28. The average molecular weight is 501 g/mol. The number of halogens is 1. The van der Waals surface area contributed by atoms with E-state index in [1.54, 1.807) is 17.0 Å². The molecule has 1 spiro atoms. The van der Waals surface area contributed by atoms with Crippen molar-refractivity contribution in [1.82, 2.24) is 10.9 Å². The lowest BCUT2D eigenvalue weighted by Crippen LogP contribution is -2.57. The monoisotopic (exact) mass is 500 g/mol. The summed E-state index contributed by atoms with van der Waals surface area (Å²) in [5, 5.41) is 0. The highest BCUT2D eigenvalue weighted by Gasteiger charge is 2.68. The van der Waals surface area contributed by atoms with Crippen LogP contribution in [0.2, 0.25) is 0 Å². The Morgan fingerprint density at radius 3 is 2.59 bits per heavy atom. The maximum atomic E-state index is 14.7. The van der Waals surface area contributed by atoms with Crippen LogP contribution in [0.5, 0.6) is 0 Å². The number of anilines is 1. The zero-order valence-electron chi connectivity index (χ0n) is 20.0. The third kappa shape index (κ3) is 3.35. The lowest BCUT2D eigenvalue weighted by molar-refractivity contribution is -0.142. The van der Waals surface area contributed by atoms with Gasteiger partial charge in [-0.3, -0.25) is 4.79 Å². The van der Waals surface area contributed by atoms with Gasteiger partial charge >= 0.3 is 5.97 Å². The predicted octanol–water partition coefficient (Wildman–Crippen LogP) is 2.78. The smallest absolute Gasteiger partial charge is 0.340 e. The van der Waals surface area contributed by atoms with E-state index in [0.717, 1.165) is 5.56 Å². The number of hydrogen-bond donors (Lipinski definition) is 3. The molecule has 4 atom stereocenters. The summed E-state index contributed by atoms with van der Waals surface area (Å²) in [7, 11) is 1.25. The van der Waals surface area contributed by atoms with Crippen molar-refractivity contribution in [3.8, 4) is 0 Å². The second-order valence-corrected chi connectivity index (χ2v) is 9.32. The zero-order chi connectivity index (χ0) is 25.7. The van der Waals surface area contributed by atoms with Gasteiger partial charge in [-0.1, -0.05) is 60.7 Å². The fourth-order valence-electron chi connectivity index (χ4n) is 6.00. The topological polar surface area (TPSA) is 106 Å². The molecule has 1 amide bonds. The van der Waals surface area contributed by atoms with Crippen LogP contribution in [-0.2, 0) is 31.0 Å². The fraction of sp³-hybridized carbons (Fsp3) is 0.214. The van der Waals surface area contributed by atoms with Gasteiger partial charge in [0.15, 0.2) is 12.1 Å². The van der Waals surface area contributed by atoms with Gasteiger partial charge in [0.05, 0.1) is 25.6 Å². The molecule has 0 aromatic heterocycles. The number of nitrogens with one attached hydrogen (secondary N) is 2. The van der Waals surface area contributed by atoms with E-state index >= 15 is 0 Å². The van der Waals surface area contributed by atoms with Gasteiger partial charge in [0.25, 0.3) is 0 Å². The van der Waals surface area contributed by atoms with Crippen molar-refractivity contribution < 1.29 is 23.5 Å². The minimum absolute atomic E-state index is 0.0399. The molecule has 4 unspecified atom stereocenters. The first kappa shape index (κ1) is 23.2. The molecule has 1 fully saturated rings. The van der Waals surface area contributed by atoms with Crippen LogP contribution in [0.4, 0.5) is 10.1 Å². The Balaban J connectivity index is 1.59. The molecule has 3 aliphatic heterocycles. The molecule has 1 saturated heterocycles. The number of hydrazine groups is 1. The molecule has 6 rings (SSSR count). The molecule has 8 nitrogen and oxygen atoms in total. The summed E-state index contributed by atoms with van der Waals surface area (Å²) in [6, 6.07) is 22.6. The van der Waals surface area contributed by atoms with Gasteiger partial charge in [0.1, 0.15) is 16.8 Å². The van der Waals surface area contributed by atoms with Gasteiger partial charge in [-0.15, -0.1) is 0 Å². The number of amides is 1. The Morgan fingerprint density at radius 2 is 1.84 bits per heavy atom. The van der Waals surface area contributed by atoms with E-state index in [-0.39, 0.29) is 23.9 Å². The summed E-state index contributed by atoms with van der Waals surface area (Å²) < 4.78 is 25.2. The number of ether oxygens (including phenoxy) is 2. The highest BCUT2D eigenvalue weighted by atomic mass is 19.1. The van der Waals surface area contributed by atoms with Crippen molar-refractivity contribution in [2.45, 2.75) is 24.2 Å². The quantitative estimate of drug-likeness (QED) is 0.473. The van der Waals surface area contributed by atoms with Crippen LogP contribution in [0, 0.1) is 11.7 Å². The maximum Gasteiger partial charge on any atom is 0.340 e. The number of hydrogen-bond acceptors (Lipinski definition) is 7. The van der Waals surface area contributed by atoms with Crippen molar-refractivity contribution in [1.29, 1.82) is 0 Å². The van der Waals surface area contributed by atoms with Gasteiger partial charge in [-0.25, -0.2) is 20.0 Å². The first-order valence-corrected chi connectivity index (χ1v) is 11.9. The number of carbonyl (C=O) groups is 2. The number of nitrogens with two attached hydrogens (primary N) is 1. The molecule has 188 valence electrons. The molecule has 0 bridgehead atoms. The first-order chi connectivity index (χ1) is 18.0. The van der Waals surface area contributed by atoms with Crippen molar-refractivity contribution >= 4 is 17.6 Å². The Labute approximate surface area is 212 Å². The van der Waals surface area contributed by atoms with Crippen LogP contribution in [-0.4, -0.2) is 25.2 Å². The summed E-state index contributed by atoms with van der Waals surface area (Å²) >= 11 is 0. The van der Waals surface area contributed by atoms with Gasteiger partial charge in [0.2, 0.25) is 5.91 Å². The molecule has 3 aromatic rings. The molecule has 3 aliphatic rings. The summed E-state index contributed by atoms with van der Waals surface area (Å²) in [6.07, 6.45) is -0.718. The third-order valence-electron chi connectivity index (χ3n) is 7.44. The van der Waals surface area contributed by atoms with Crippen LogP contribution in [0.15, 0.2) is 90.3 Å². The second-order valence-electron chi connectivity index (χ2n) is 9.32. The molecule has 3 heterocycles.